The molecule has 1 N–H and O–H groups in total. The first-order valence-electron chi connectivity index (χ1n) is 5.42. The zero-order valence-electron chi connectivity index (χ0n) is 9.02. The average Bonchev–Trinajstić information content (AvgIpc) is 2.94. The number of hydrogen-bond donors (Lipinski definition) is 1. The minimum Gasteiger partial charge on any atom is -0.355 e. The van der Waals surface area contributed by atoms with Crippen LogP contribution in [-0.4, -0.2) is 22.0 Å². The van der Waals surface area contributed by atoms with Crippen LogP contribution in [0.2, 0.25) is 0 Å². The normalized spacial score (nSPS) is 16.4. The molecule has 0 spiro atoms. The van der Waals surface area contributed by atoms with Crippen LogP contribution in [0.3, 0.4) is 0 Å². The van der Waals surface area contributed by atoms with Crippen molar-refractivity contribution in [1.82, 2.24) is 14.9 Å². The van der Waals surface area contributed by atoms with Gasteiger partial charge >= 0.3 is 0 Å². The van der Waals surface area contributed by atoms with Crippen LogP contribution in [0.25, 0.3) is 0 Å². The van der Waals surface area contributed by atoms with Crippen molar-refractivity contribution in [2.24, 2.45) is 5.41 Å². The maximum atomic E-state index is 11.6. The first kappa shape index (κ1) is 10.7. The Morgan fingerprint density at radius 1 is 1.62 bits per heavy atom. The van der Waals surface area contributed by atoms with Gasteiger partial charge in [-0.15, -0.1) is 0 Å². The topological polar surface area (TPSA) is 70.7 Å². The molecule has 1 aromatic heterocycles. The van der Waals surface area contributed by atoms with E-state index in [4.69, 9.17) is 5.26 Å². The molecule has 1 heterocycles. The molecule has 1 aliphatic rings. The summed E-state index contributed by atoms with van der Waals surface area (Å²) in [5, 5.41) is 11.6. The Morgan fingerprint density at radius 3 is 3.00 bits per heavy atom. The fourth-order valence-corrected chi connectivity index (χ4v) is 1.57. The lowest BCUT2D eigenvalue weighted by Crippen LogP contribution is -2.32. The predicted octanol–water partition coefficient (Wildman–Crippen LogP) is 0.693. The largest absolute Gasteiger partial charge is 0.355 e. The SMILES string of the molecule is N#CC1(C(=O)NCCCn2ccnc2)CC1. The van der Waals surface area contributed by atoms with Gasteiger partial charge in [0.1, 0.15) is 5.41 Å². The van der Waals surface area contributed by atoms with Crippen LogP contribution in [0, 0.1) is 16.7 Å². The third kappa shape index (κ3) is 2.22. The van der Waals surface area contributed by atoms with Crippen LogP contribution in [-0.2, 0) is 11.3 Å². The Labute approximate surface area is 94.1 Å². The second kappa shape index (κ2) is 4.35. The number of aryl methyl sites for hydroxylation is 1. The van der Waals surface area contributed by atoms with Crippen molar-refractivity contribution in [3.63, 3.8) is 0 Å². The Bertz CT molecular complexity index is 400. The summed E-state index contributed by atoms with van der Waals surface area (Å²) >= 11 is 0. The maximum absolute atomic E-state index is 11.6. The first-order chi connectivity index (χ1) is 7.77. The van der Waals surface area contributed by atoms with E-state index in [2.05, 4.69) is 16.4 Å². The van der Waals surface area contributed by atoms with Crippen molar-refractivity contribution in [1.29, 1.82) is 5.26 Å². The molecule has 0 aliphatic heterocycles. The van der Waals surface area contributed by atoms with Crippen molar-refractivity contribution < 1.29 is 4.79 Å². The molecule has 0 aromatic carbocycles. The molecule has 5 heteroatoms. The van der Waals surface area contributed by atoms with E-state index in [1.54, 1.807) is 12.5 Å². The zero-order chi connectivity index (χ0) is 11.4. The highest BCUT2D eigenvalue weighted by Crippen LogP contribution is 2.44. The van der Waals surface area contributed by atoms with Gasteiger partial charge in [0.25, 0.3) is 0 Å². The van der Waals surface area contributed by atoms with Crippen molar-refractivity contribution >= 4 is 5.91 Å². The van der Waals surface area contributed by atoms with E-state index in [-0.39, 0.29) is 5.91 Å². The number of hydrogen-bond acceptors (Lipinski definition) is 3. The van der Waals surface area contributed by atoms with Gasteiger partial charge in [-0.1, -0.05) is 0 Å². The molecule has 0 saturated heterocycles. The van der Waals surface area contributed by atoms with Gasteiger partial charge < -0.3 is 9.88 Å². The summed E-state index contributed by atoms with van der Waals surface area (Å²) in [6, 6.07) is 2.08. The predicted molar refractivity (Wildman–Crippen MR) is 57.1 cm³/mol. The van der Waals surface area contributed by atoms with E-state index in [9.17, 15) is 4.79 Å². The van der Waals surface area contributed by atoms with Gasteiger partial charge in [-0.2, -0.15) is 5.26 Å². The minimum absolute atomic E-state index is 0.111. The molecule has 1 aromatic rings. The van der Waals surface area contributed by atoms with Gasteiger partial charge in [0.2, 0.25) is 5.91 Å². The summed E-state index contributed by atoms with van der Waals surface area (Å²) in [5.41, 5.74) is -0.699. The molecular formula is C11H14N4O. The lowest BCUT2D eigenvalue weighted by Gasteiger charge is -2.08. The van der Waals surface area contributed by atoms with Crippen LogP contribution >= 0.6 is 0 Å². The summed E-state index contributed by atoms with van der Waals surface area (Å²) in [5.74, 6) is -0.111. The molecule has 0 radical (unpaired) electrons. The van der Waals surface area contributed by atoms with Gasteiger partial charge in [0.05, 0.1) is 12.4 Å². The van der Waals surface area contributed by atoms with Crippen molar-refractivity contribution in [2.45, 2.75) is 25.8 Å². The van der Waals surface area contributed by atoms with Gasteiger partial charge in [0.15, 0.2) is 0 Å². The number of rotatable bonds is 5. The van der Waals surface area contributed by atoms with Gasteiger partial charge in [0, 0.05) is 25.5 Å². The van der Waals surface area contributed by atoms with Crippen molar-refractivity contribution in [2.75, 3.05) is 6.54 Å². The number of nitrogens with zero attached hydrogens (tertiary/aromatic N) is 3. The Balaban J connectivity index is 1.66. The fourth-order valence-electron chi connectivity index (χ4n) is 1.57. The molecule has 0 bridgehead atoms. The minimum atomic E-state index is -0.699. The van der Waals surface area contributed by atoms with E-state index in [1.165, 1.54) is 0 Å². The summed E-state index contributed by atoms with van der Waals surface area (Å²) in [6.07, 6.45) is 7.63. The standard InChI is InChI=1S/C11H14N4O/c12-8-11(2-3-11)10(16)14-4-1-6-15-7-5-13-9-15/h5,7,9H,1-4,6H2,(H,14,16). The van der Waals surface area contributed by atoms with Crippen LogP contribution in [0.5, 0.6) is 0 Å². The van der Waals surface area contributed by atoms with Crippen LogP contribution in [0.1, 0.15) is 19.3 Å². The number of carbonyl (C=O) groups excluding carboxylic acids is 1. The molecule has 1 aliphatic carbocycles. The van der Waals surface area contributed by atoms with Gasteiger partial charge in [-0.3, -0.25) is 4.79 Å². The molecule has 1 fully saturated rings. The third-order valence-corrected chi connectivity index (χ3v) is 2.84. The lowest BCUT2D eigenvalue weighted by atomic mass is 10.1. The highest BCUT2D eigenvalue weighted by Gasteiger charge is 2.50. The fraction of sp³-hybridized carbons (Fsp3) is 0.545. The average molecular weight is 218 g/mol. The number of imidazole rings is 1. The highest BCUT2D eigenvalue weighted by molar-refractivity contribution is 5.88. The number of nitriles is 1. The van der Waals surface area contributed by atoms with Gasteiger partial charge in [-0.05, 0) is 19.3 Å². The molecule has 5 nitrogen and oxygen atoms in total. The molecule has 2 rings (SSSR count). The van der Waals surface area contributed by atoms with Crippen LogP contribution in [0.15, 0.2) is 18.7 Å². The highest BCUT2D eigenvalue weighted by atomic mass is 16.2. The monoisotopic (exact) mass is 218 g/mol. The molecule has 1 amide bonds. The Kier molecular flexibility index (Phi) is 2.91. The molecular weight excluding hydrogens is 204 g/mol. The van der Waals surface area contributed by atoms with Gasteiger partial charge in [-0.25, -0.2) is 4.98 Å². The molecule has 0 atom stereocenters. The molecule has 0 unspecified atom stereocenters. The quantitative estimate of drug-likeness (QED) is 0.739. The third-order valence-electron chi connectivity index (χ3n) is 2.84. The van der Waals surface area contributed by atoms with E-state index < -0.39 is 5.41 Å². The van der Waals surface area contributed by atoms with Crippen LogP contribution < -0.4 is 5.32 Å². The summed E-state index contributed by atoms with van der Waals surface area (Å²) < 4.78 is 1.96. The van der Waals surface area contributed by atoms with Crippen molar-refractivity contribution in [3.8, 4) is 6.07 Å². The molecule has 84 valence electrons. The lowest BCUT2D eigenvalue weighted by molar-refractivity contribution is -0.124. The second-order valence-corrected chi connectivity index (χ2v) is 4.10. The first-order valence-corrected chi connectivity index (χ1v) is 5.42. The second-order valence-electron chi connectivity index (χ2n) is 4.10. The summed E-state index contributed by atoms with van der Waals surface area (Å²) in [4.78, 5) is 15.5. The van der Waals surface area contributed by atoms with Crippen LogP contribution in [0.4, 0.5) is 0 Å². The Hall–Kier alpha value is -1.83. The number of aromatic nitrogens is 2. The molecule has 16 heavy (non-hydrogen) atoms. The van der Waals surface area contributed by atoms with E-state index in [1.807, 2.05) is 10.8 Å². The maximum Gasteiger partial charge on any atom is 0.240 e. The molecule has 1 saturated carbocycles. The Morgan fingerprint density at radius 2 is 2.44 bits per heavy atom. The van der Waals surface area contributed by atoms with E-state index in [0.29, 0.717) is 19.4 Å². The summed E-state index contributed by atoms with van der Waals surface area (Å²) in [7, 11) is 0. The summed E-state index contributed by atoms with van der Waals surface area (Å²) in [6.45, 7) is 1.44. The number of carbonyl (C=O) groups is 1. The van der Waals surface area contributed by atoms with E-state index >= 15 is 0 Å². The number of amides is 1. The smallest absolute Gasteiger partial charge is 0.240 e. The van der Waals surface area contributed by atoms with E-state index in [0.717, 1.165) is 13.0 Å². The zero-order valence-corrected chi connectivity index (χ0v) is 9.02. The van der Waals surface area contributed by atoms with Crippen molar-refractivity contribution in [3.05, 3.63) is 18.7 Å². The number of nitrogens with one attached hydrogen (secondary N) is 1.